The van der Waals surface area contributed by atoms with E-state index < -0.39 is 0 Å². The second kappa shape index (κ2) is 8.22. The molecule has 0 aliphatic rings. The number of methoxy groups -OCH3 is 2. The Hall–Kier alpha value is -2.49. The summed E-state index contributed by atoms with van der Waals surface area (Å²) in [4.78, 5) is 10.8. The molecule has 0 fully saturated rings. The van der Waals surface area contributed by atoms with E-state index in [1.165, 1.54) is 0 Å². The zero-order valence-electron chi connectivity index (χ0n) is 13.7. The summed E-state index contributed by atoms with van der Waals surface area (Å²) in [6, 6.07) is 13.8. The van der Waals surface area contributed by atoms with Crippen molar-refractivity contribution in [3.05, 3.63) is 59.2 Å². The highest BCUT2D eigenvalue weighted by atomic mass is 16.5. The van der Waals surface area contributed by atoms with Gasteiger partial charge in [-0.2, -0.15) is 0 Å². The van der Waals surface area contributed by atoms with Gasteiger partial charge in [-0.25, -0.2) is 0 Å². The SMILES string of the molecule is COc1ccc(CCC(OC=O)c2ccccc2C)cc1OC. The first kappa shape index (κ1) is 16.9. The van der Waals surface area contributed by atoms with Crippen molar-refractivity contribution in [1.29, 1.82) is 0 Å². The number of carbonyl (C=O) groups is 1. The molecule has 2 rings (SSSR count). The lowest BCUT2D eigenvalue weighted by Gasteiger charge is -2.18. The lowest BCUT2D eigenvalue weighted by molar-refractivity contribution is -0.134. The third-order valence-electron chi connectivity index (χ3n) is 3.90. The Balaban J connectivity index is 2.13. The van der Waals surface area contributed by atoms with Crippen LogP contribution in [0.2, 0.25) is 0 Å². The Labute approximate surface area is 137 Å². The number of hydrogen-bond acceptors (Lipinski definition) is 4. The van der Waals surface area contributed by atoms with Crippen LogP contribution >= 0.6 is 0 Å². The van der Waals surface area contributed by atoms with Crippen molar-refractivity contribution in [2.24, 2.45) is 0 Å². The van der Waals surface area contributed by atoms with Crippen molar-refractivity contribution < 1.29 is 19.0 Å². The monoisotopic (exact) mass is 314 g/mol. The van der Waals surface area contributed by atoms with Gasteiger partial charge in [0.2, 0.25) is 0 Å². The van der Waals surface area contributed by atoms with E-state index in [4.69, 9.17) is 14.2 Å². The highest BCUT2D eigenvalue weighted by Crippen LogP contribution is 2.30. The molecular formula is C19H22O4. The summed E-state index contributed by atoms with van der Waals surface area (Å²) < 4.78 is 15.9. The van der Waals surface area contributed by atoms with Crippen molar-refractivity contribution in [2.45, 2.75) is 25.9 Å². The zero-order valence-corrected chi connectivity index (χ0v) is 13.7. The number of aryl methyl sites for hydroxylation is 2. The topological polar surface area (TPSA) is 44.8 Å². The average Bonchev–Trinajstić information content (AvgIpc) is 2.59. The van der Waals surface area contributed by atoms with Crippen molar-refractivity contribution in [3.63, 3.8) is 0 Å². The molecule has 1 unspecified atom stereocenters. The maximum Gasteiger partial charge on any atom is 0.293 e. The van der Waals surface area contributed by atoms with Gasteiger partial charge in [0.05, 0.1) is 14.2 Å². The molecule has 0 heterocycles. The van der Waals surface area contributed by atoms with E-state index in [1.54, 1.807) is 14.2 Å². The fraction of sp³-hybridized carbons (Fsp3) is 0.316. The van der Waals surface area contributed by atoms with Gasteiger partial charge in [-0.15, -0.1) is 0 Å². The van der Waals surface area contributed by atoms with Gasteiger partial charge in [-0.05, 0) is 48.6 Å². The van der Waals surface area contributed by atoms with Crippen LogP contribution in [0.5, 0.6) is 11.5 Å². The first-order valence-corrected chi connectivity index (χ1v) is 7.55. The van der Waals surface area contributed by atoms with Gasteiger partial charge < -0.3 is 14.2 Å². The number of carbonyl (C=O) groups excluding carboxylic acids is 1. The summed E-state index contributed by atoms with van der Waals surface area (Å²) in [6.45, 7) is 2.54. The molecule has 0 saturated carbocycles. The molecule has 0 spiro atoms. The lowest BCUT2D eigenvalue weighted by atomic mass is 9.97. The van der Waals surface area contributed by atoms with Crippen LogP contribution in [0, 0.1) is 6.92 Å². The van der Waals surface area contributed by atoms with Crippen molar-refractivity contribution >= 4 is 6.47 Å². The first-order valence-electron chi connectivity index (χ1n) is 7.55. The van der Waals surface area contributed by atoms with E-state index >= 15 is 0 Å². The molecule has 0 amide bonds. The molecule has 2 aromatic rings. The van der Waals surface area contributed by atoms with Crippen molar-refractivity contribution in [3.8, 4) is 11.5 Å². The minimum atomic E-state index is -0.248. The fourth-order valence-electron chi connectivity index (χ4n) is 2.65. The van der Waals surface area contributed by atoms with E-state index in [1.807, 2.05) is 49.4 Å². The molecule has 0 aliphatic heterocycles. The molecule has 0 saturated heterocycles. The molecule has 2 aromatic carbocycles. The fourth-order valence-corrected chi connectivity index (χ4v) is 2.65. The Kier molecular flexibility index (Phi) is 6.03. The summed E-state index contributed by atoms with van der Waals surface area (Å²) in [7, 11) is 3.23. The molecule has 122 valence electrons. The van der Waals surface area contributed by atoms with Gasteiger partial charge in [-0.1, -0.05) is 30.3 Å². The molecule has 0 aliphatic carbocycles. The van der Waals surface area contributed by atoms with Crippen LogP contribution in [0.25, 0.3) is 0 Å². The summed E-state index contributed by atoms with van der Waals surface area (Å²) in [6.07, 6.45) is 1.23. The molecule has 23 heavy (non-hydrogen) atoms. The molecule has 0 bridgehead atoms. The zero-order chi connectivity index (χ0) is 16.7. The van der Waals surface area contributed by atoms with Crippen LogP contribution in [-0.4, -0.2) is 20.7 Å². The van der Waals surface area contributed by atoms with Gasteiger partial charge in [0.1, 0.15) is 6.10 Å². The van der Waals surface area contributed by atoms with E-state index in [0.717, 1.165) is 23.1 Å². The van der Waals surface area contributed by atoms with E-state index in [0.29, 0.717) is 24.4 Å². The van der Waals surface area contributed by atoms with Crippen LogP contribution in [0.3, 0.4) is 0 Å². The van der Waals surface area contributed by atoms with Crippen LogP contribution in [0.4, 0.5) is 0 Å². The predicted octanol–water partition coefficient (Wildman–Crippen LogP) is 3.86. The summed E-state index contributed by atoms with van der Waals surface area (Å²) >= 11 is 0. The standard InChI is InChI=1S/C19H22O4/c1-14-6-4-5-7-16(14)17(23-13-20)10-8-15-9-11-18(21-2)19(12-15)22-3/h4-7,9,11-13,17H,8,10H2,1-3H3. The minimum Gasteiger partial charge on any atom is -0.493 e. The Morgan fingerprint density at radius 2 is 1.78 bits per heavy atom. The minimum absolute atomic E-state index is 0.248. The quantitative estimate of drug-likeness (QED) is 0.694. The molecule has 4 heteroatoms. The van der Waals surface area contributed by atoms with Crippen molar-refractivity contribution in [1.82, 2.24) is 0 Å². The molecule has 0 radical (unpaired) electrons. The second-order valence-corrected chi connectivity index (χ2v) is 5.31. The number of ether oxygens (including phenoxy) is 3. The average molecular weight is 314 g/mol. The third-order valence-corrected chi connectivity index (χ3v) is 3.90. The van der Waals surface area contributed by atoms with E-state index in [9.17, 15) is 4.79 Å². The molecular weight excluding hydrogens is 292 g/mol. The van der Waals surface area contributed by atoms with Crippen LogP contribution < -0.4 is 9.47 Å². The van der Waals surface area contributed by atoms with Gasteiger partial charge in [0.15, 0.2) is 11.5 Å². The molecule has 0 N–H and O–H groups in total. The smallest absolute Gasteiger partial charge is 0.293 e. The predicted molar refractivity (Wildman–Crippen MR) is 88.9 cm³/mol. The number of benzene rings is 2. The van der Waals surface area contributed by atoms with Gasteiger partial charge >= 0.3 is 0 Å². The normalized spacial score (nSPS) is 11.6. The second-order valence-electron chi connectivity index (χ2n) is 5.31. The van der Waals surface area contributed by atoms with Crippen LogP contribution in [-0.2, 0) is 16.0 Å². The van der Waals surface area contributed by atoms with E-state index in [2.05, 4.69) is 0 Å². The van der Waals surface area contributed by atoms with Gasteiger partial charge in [0.25, 0.3) is 6.47 Å². The third kappa shape index (κ3) is 4.25. The first-order chi connectivity index (χ1) is 11.2. The van der Waals surface area contributed by atoms with E-state index in [-0.39, 0.29) is 6.10 Å². The number of hydrogen-bond donors (Lipinski definition) is 0. The number of rotatable bonds is 8. The maximum atomic E-state index is 10.8. The maximum absolute atomic E-state index is 10.8. The Morgan fingerprint density at radius 3 is 2.43 bits per heavy atom. The molecule has 1 atom stereocenters. The highest BCUT2D eigenvalue weighted by molar-refractivity contribution is 5.43. The summed E-state index contributed by atoms with van der Waals surface area (Å²) in [5, 5.41) is 0. The van der Waals surface area contributed by atoms with Crippen LogP contribution in [0.15, 0.2) is 42.5 Å². The summed E-state index contributed by atoms with van der Waals surface area (Å²) in [5.41, 5.74) is 3.27. The van der Waals surface area contributed by atoms with Gasteiger partial charge in [0, 0.05) is 0 Å². The molecule has 0 aromatic heterocycles. The summed E-state index contributed by atoms with van der Waals surface area (Å²) in [5.74, 6) is 1.41. The highest BCUT2D eigenvalue weighted by Gasteiger charge is 2.15. The lowest BCUT2D eigenvalue weighted by Crippen LogP contribution is -2.07. The van der Waals surface area contributed by atoms with Crippen LogP contribution in [0.1, 0.15) is 29.2 Å². The Morgan fingerprint density at radius 1 is 1.04 bits per heavy atom. The largest absolute Gasteiger partial charge is 0.493 e. The van der Waals surface area contributed by atoms with Gasteiger partial charge in [-0.3, -0.25) is 4.79 Å². The van der Waals surface area contributed by atoms with Crippen molar-refractivity contribution in [2.75, 3.05) is 14.2 Å². The molecule has 4 nitrogen and oxygen atoms in total. The Bertz CT molecular complexity index is 652.